The van der Waals surface area contributed by atoms with Gasteiger partial charge in [-0.05, 0) is 37.5 Å². The van der Waals surface area contributed by atoms with Gasteiger partial charge in [0, 0.05) is 13.1 Å². The molecule has 2 nitrogen and oxygen atoms in total. The SMILES string of the molecule is CCC1(CNCC(C)(O)C(C)C)CCC1. The van der Waals surface area contributed by atoms with Crippen molar-refractivity contribution < 1.29 is 5.11 Å². The highest BCUT2D eigenvalue weighted by molar-refractivity contribution is 4.89. The number of nitrogens with one attached hydrogen (secondary N) is 1. The lowest BCUT2D eigenvalue weighted by atomic mass is 9.67. The van der Waals surface area contributed by atoms with Crippen molar-refractivity contribution in [2.45, 2.75) is 59.0 Å². The minimum absolute atomic E-state index is 0.309. The van der Waals surface area contributed by atoms with Crippen molar-refractivity contribution in [1.82, 2.24) is 5.32 Å². The van der Waals surface area contributed by atoms with Crippen molar-refractivity contribution in [1.29, 1.82) is 0 Å². The van der Waals surface area contributed by atoms with E-state index in [1.165, 1.54) is 25.7 Å². The lowest BCUT2D eigenvalue weighted by molar-refractivity contribution is 0.00820. The molecule has 1 fully saturated rings. The Labute approximate surface area is 94.5 Å². The maximum atomic E-state index is 10.1. The molecule has 90 valence electrons. The van der Waals surface area contributed by atoms with Crippen LogP contribution in [-0.2, 0) is 0 Å². The van der Waals surface area contributed by atoms with E-state index in [4.69, 9.17) is 0 Å². The van der Waals surface area contributed by atoms with Gasteiger partial charge in [-0.15, -0.1) is 0 Å². The van der Waals surface area contributed by atoms with E-state index in [1.54, 1.807) is 0 Å². The van der Waals surface area contributed by atoms with Gasteiger partial charge in [0.2, 0.25) is 0 Å². The minimum atomic E-state index is -0.571. The van der Waals surface area contributed by atoms with Crippen molar-refractivity contribution >= 4 is 0 Å². The Hall–Kier alpha value is -0.0800. The first-order valence-electron chi connectivity index (χ1n) is 6.35. The smallest absolute Gasteiger partial charge is 0.0766 e. The lowest BCUT2D eigenvalue weighted by Gasteiger charge is -2.42. The second-order valence-corrected chi connectivity index (χ2v) is 5.82. The molecule has 1 atom stereocenters. The monoisotopic (exact) mass is 213 g/mol. The molecule has 1 aliphatic carbocycles. The van der Waals surface area contributed by atoms with E-state index in [9.17, 15) is 5.11 Å². The van der Waals surface area contributed by atoms with E-state index in [-0.39, 0.29) is 0 Å². The summed E-state index contributed by atoms with van der Waals surface area (Å²) < 4.78 is 0. The molecule has 1 aliphatic rings. The third-order valence-electron chi connectivity index (χ3n) is 4.39. The molecule has 0 aromatic rings. The van der Waals surface area contributed by atoms with E-state index in [1.807, 2.05) is 6.92 Å². The third-order valence-corrected chi connectivity index (χ3v) is 4.39. The van der Waals surface area contributed by atoms with E-state index in [0.717, 1.165) is 6.54 Å². The molecule has 1 unspecified atom stereocenters. The predicted molar refractivity (Wildman–Crippen MR) is 64.9 cm³/mol. The van der Waals surface area contributed by atoms with Gasteiger partial charge in [0.25, 0.3) is 0 Å². The van der Waals surface area contributed by atoms with E-state index in [2.05, 4.69) is 26.1 Å². The van der Waals surface area contributed by atoms with Gasteiger partial charge in [-0.25, -0.2) is 0 Å². The van der Waals surface area contributed by atoms with Gasteiger partial charge < -0.3 is 10.4 Å². The summed E-state index contributed by atoms with van der Waals surface area (Å²) in [5.74, 6) is 0.309. The van der Waals surface area contributed by atoms with Crippen LogP contribution in [0.2, 0.25) is 0 Å². The van der Waals surface area contributed by atoms with Crippen LogP contribution in [0, 0.1) is 11.3 Å². The summed E-state index contributed by atoms with van der Waals surface area (Å²) in [7, 11) is 0. The highest BCUT2D eigenvalue weighted by atomic mass is 16.3. The first kappa shape index (κ1) is 13.0. The third kappa shape index (κ3) is 3.18. The van der Waals surface area contributed by atoms with Gasteiger partial charge >= 0.3 is 0 Å². The fourth-order valence-electron chi connectivity index (χ4n) is 2.12. The van der Waals surface area contributed by atoms with Crippen molar-refractivity contribution in [3.63, 3.8) is 0 Å². The second kappa shape index (κ2) is 4.84. The van der Waals surface area contributed by atoms with E-state index < -0.39 is 5.60 Å². The summed E-state index contributed by atoms with van der Waals surface area (Å²) in [6.07, 6.45) is 5.38. The normalized spacial score (nSPS) is 23.6. The fourth-order valence-corrected chi connectivity index (χ4v) is 2.12. The molecule has 0 radical (unpaired) electrons. The van der Waals surface area contributed by atoms with Gasteiger partial charge in [-0.2, -0.15) is 0 Å². The van der Waals surface area contributed by atoms with Gasteiger partial charge in [-0.3, -0.25) is 0 Å². The molecule has 1 rings (SSSR count). The Morgan fingerprint density at radius 1 is 1.40 bits per heavy atom. The van der Waals surface area contributed by atoms with Crippen molar-refractivity contribution in [3.05, 3.63) is 0 Å². The lowest BCUT2D eigenvalue weighted by Crippen LogP contribution is -2.47. The summed E-state index contributed by atoms with van der Waals surface area (Å²) in [5, 5.41) is 13.5. The highest BCUT2D eigenvalue weighted by Crippen LogP contribution is 2.43. The fraction of sp³-hybridized carbons (Fsp3) is 1.00. The largest absolute Gasteiger partial charge is 0.389 e. The summed E-state index contributed by atoms with van der Waals surface area (Å²) >= 11 is 0. The quantitative estimate of drug-likeness (QED) is 0.711. The van der Waals surface area contributed by atoms with E-state index in [0.29, 0.717) is 17.9 Å². The van der Waals surface area contributed by atoms with Crippen LogP contribution in [0.3, 0.4) is 0 Å². The number of aliphatic hydroxyl groups is 1. The summed E-state index contributed by atoms with van der Waals surface area (Å²) in [6, 6.07) is 0. The maximum absolute atomic E-state index is 10.1. The molecule has 15 heavy (non-hydrogen) atoms. The maximum Gasteiger partial charge on any atom is 0.0766 e. The number of hydrogen-bond acceptors (Lipinski definition) is 2. The minimum Gasteiger partial charge on any atom is -0.389 e. The highest BCUT2D eigenvalue weighted by Gasteiger charge is 2.35. The average Bonchev–Trinajstić information content (AvgIpc) is 2.09. The molecule has 0 aliphatic heterocycles. The zero-order valence-corrected chi connectivity index (χ0v) is 10.8. The zero-order valence-electron chi connectivity index (χ0n) is 10.8. The van der Waals surface area contributed by atoms with Gasteiger partial charge in [0.15, 0.2) is 0 Å². The summed E-state index contributed by atoms with van der Waals surface area (Å²) in [4.78, 5) is 0. The summed E-state index contributed by atoms with van der Waals surface area (Å²) in [5.41, 5.74) is -0.0221. The molecular formula is C13H27NO. The van der Waals surface area contributed by atoms with Crippen LogP contribution in [0.25, 0.3) is 0 Å². The average molecular weight is 213 g/mol. The topological polar surface area (TPSA) is 32.3 Å². The molecule has 0 amide bonds. The van der Waals surface area contributed by atoms with Crippen molar-refractivity contribution in [2.24, 2.45) is 11.3 Å². The second-order valence-electron chi connectivity index (χ2n) is 5.82. The molecule has 0 aromatic heterocycles. The molecule has 2 N–H and O–H groups in total. The van der Waals surface area contributed by atoms with Crippen molar-refractivity contribution in [2.75, 3.05) is 13.1 Å². The molecule has 2 heteroatoms. The van der Waals surface area contributed by atoms with Crippen LogP contribution in [-0.4, -0.2) is 23.8 Å². The summed E-state index contributed by atoms with van der Waals surface area (Å²) in [6.45, 7) is 10.1. The predicted octanol–water partition coefficient (Wildman–Crippen LogP) is 2.56. The van der Waals surface area contributed by atoms with Crippen molar-refractivity contribution in [3.8, 4) is 0 Å². The Kier molecular flexibility index (Phi) is 4.19. The molecule has 0 heterocycles. The first-order valence-corrected chi connectivity index (χ1v) is 6.35. The van der Waals surface area contributed by atoms with E-state index >= 15 is 0 Å². The Bertz CT molecular complexity index is 187. The van der Waals surface area contributed by atoms with Crippen LogP contribution >= 0.6 is 0 Å². The standard InChI is InChI=1S/C13H27NO/c1-5-13(7-6-8-13)10-14-9-12(4,15)11(2)3/h11,14-15H,5-10H2,1-4H3. The van der Waals surface area contributed by atoms with Crippen LogP contribution < -0.4 is 5.32 Å². The molecule has 0 aromatic carbocycles. The number of rotatable bonds is 6. The Morgan fingerprint density at radius 2 is 2.00 bits per heavy atom. The van der Waals surface area contributed by atoms with Crippen LogP contribution in [0.1, 0.15) is 53.4 Å². The first-order chi connectivity index (χ1) is 6.92. The number of hydrogen-bond donors (Lipinski definition) is 2. The van der Waals surface area contributed by atoms with Gasteiger partial charge in [0.05, 0.1) is 5.60 Å². The molecule has 1 saturated carbocycles. The molecule has 0 spiro atoms. The molecule has 0 bridgehead atoms. The van der Waals surface area contributed by atoms with Crippen LogP contribution in [0.5, 0.6) is 0 Å². The van der Waals surface area contributed by atoms with Crippen LogP contribution in [0.4, 0.5) is 0 Å². The van der Waals surface area contributed by atoms with Gasteiger partial charge in [0.1, 0.15) is 0 Å². The molecular weight excluding hydrogens is 186 g/mol. The van der Waals surface area contributed by atoms with Crippen LogP contribution in [0.15, 0.2) is 0 Å². The van der Waals surface area contributed by atoms with Gasteiger partial charge in [-0.1, -0.05) is 27.2 Å². The Balaban J connectivity index is 2.26. The Morgan fingerprint density at radius 3 is 2.33 bits per heavy atom. The zero-order chi connectivity index (χ0) is 11.5. The molecule has 0 saturated heterocycles.